The first-order chi connectivity index (χ1) is 13.6. The summed E-state index contributed by atoms with van der Waals surface area (Å²) in [5, 5.41) is 9.69. The summed E-state index contributed by atoms with van der Waals surface area (Å²) in [5.41, 5.74) is -0.433. The molecule has 0 saturated heterocycles. The molecule has 1 heterocycles. The van der Waals surface area contributed by atoms with Crippen LogP contribution in [0.1, 0.15) is 31.4 Å². The van der Waals surface area contributed by atoms with Gasteiger partial charge in [0.1, 0.15) is 0 Å². The van der Waals surface area contributed by atoms with Crippen LogP contribution >= 0.6 is 0 Å². The zero-order chi connectivity index (χ0) is 21.6. The quantitative estimate of drug-likeness (QED) is 0.567. The molecule has 162 valence electrons. The molecule has 0 aliphatic carbocycles. The number of aromatic nitrogens is 2. The first-order valence-electron chi connectivity index (χ1n) is 9.53. The summed E-state index contributed by atoms with van der Waals surface area (Å²) in [6.07, 6.45) is -2.45. The van der Waals surface area contributed by atoms with Crippen molar-refractivity contribution in [1.29, 1.82) is 0 Å². The molecule has 5 nitrogen and oxygen atoms in total. The Balaban J connectivity index is 2.40. The first kappa shape index (κ1) is 23.2. The maximum absolute atomic E-state index is 15.1. The Morgan fingerprint density at radius 2 is 2.00 bits per heavy atom. The van der Waals surface area contributed by atoms with Crippen LogP contribution in [0.2, 0.25) is 0 Å². The third-order valence-corrected chi connectivity index (χ3v) is 4.48. The van der Waals surface area contributed by atoms with E-state index in [0.29, 0.717) is 24.6 Å². The summed E-state index contributed by atoms with van der Waals surface area (Å²) >= 11 is 0. The third-order valence-electron chi connectivity index (χ3n) is 4.48. The van der Waals surface area contributed by atoms with Crippen LogP contribution in [-0.2, 0) is 12.7 Å². The molecule has 0 aliphatic rings. The number of nitrogens with zero attached hydrogens (tertiary/aromatic N) is 2. The summed E-state index contributed by atoms with van der Waals surface area (Å²) in [6.45, 7) is 5.92. The number of hydrogen-bond donors (Lipinski definition) is 2. The van der Waals surface area contributed by atoms with Gasteiger partial charge in [0.15, 0.2) is 11.6 Å². The van der Waals surface area contributed by atoms with Gasteiger partial charge in [-0.2, -0.15) is 18.3 Å². The zero-order valence-corrected chi connectivity index (χ0v) is 17.2. The molecule has 0 bridgehead atoms. The van der Waals surface area contributed by atoms with Gasteiger partial charge in [-0.3, -0.25) is 5.10 Å². The van der Waals surface area contributed by atoms with Crippen molar-refractivity contribution in [2.75, 3.05) is 33.8 Å². The van der Waals surface area contributed by atoms with Gasteiger partial charge in [0.2, 0.25) is 0 Å². The van der Waals surface area contributed by atoms with Crippen LogP contribution in [0.5, 0.6) is 5.75 Å². The molecule has 9 heteroatoms. The summed E-state index contributed by atoms with van der Waals surface area (Å²) in [7, 11) is 3.70. The second-order valence-corrected chi connectivity index (χ2v) is 7.47. The van der Waals surface area contributed by atoms with E-state index >= 15 is 4.39 Å². The minimum atomic E-state index is -4.63. The molecule has 2 N–H and O–H groups in total. The SMILES string of the molecule is CNCCN(C)Cc1c[nH]nc1-c1cc(C(F)(F)F)cc(OCCC(C)C)c1F. The summed E-state index contributed by atoms with van der Waals surface area (Å²) in [4.78, 5) is 1.97. The van der Waals surface area contributed by atoms with Gasteiger partial charge in [-0.05, 0) is 38.6 Å². The number of aromatic amines is 1. The number of H-pyrrole nitrogens is 1. The number of benzene rings is 1. The molecule has 0 atom stereocenters. The van der Waals surface area contributed by atoms with Crippen molar-refractivity contribution in [1.82, 2.24) is 20.4 Å². The molecule has 0 fully saturated rings. The normalized spacial score (nSPS) is 12.2. The highest BCUT2D eigenvalue weighted by molar-refractivity contribution is 5.67. The Morgan fingerprint density at radius 1 is 1.28 bits per heavy atom. The number of halogens is 4. The van der Waals surface area contributed by atoms with Crippen molar-refractivity contribution in [2.45, 2.75) is 33.0 Å². The first-order valence-corrected chi connectivity index (χ1v) is 9.53. The second-order valence-electron chi connectivity index (χ2n) is 7.47. The van der Waals surface area contributed by atoms with Crippen molar-refractivity contribution in [3.8, 4) is 17.0 Å². The van der Waals surface area contributed by atoms with E-state index in [-0.39, 0.29) is 23.8 Å². The lowest BCUT2D eigenvalue weighted by atomic mass is 10.0. The van der Waals surface area contributed by atoms with Crippen LogP contribution < -0.4 is 10.1 Å². The highest BCUT2D eigenvalue weighted by Gasteiger charge is 2.33. The third kappa shape index (κ3) is 6.43. The number of alkyl halides is 3. The van der Waals surface area contributed by atoms with Crippen LogP contribution in [0, 0.1) is 11.7 Å². The molecular weight excluding hydrogens is 388 g/mol. The highest BCUT2D eigenvalue weighted by Crippen LogP contribution is 2.38. The lowest BCUT2D eigenvalue weighted by Crippen LogP contribution is -2.27. The van der Waals surface area contributed by atoms with Gasteiger partial charge in [0.25, 0.3) is 0 Å². The van der Waals surface area contributed by atoms with Gasteiger partial charge in [0.05, 0.1) is 17.9 Å². The zero-order valence-electron chi connectivity index (χ0n) is 17.2. The van der Waals surface area contributed by atoms with E-state index in [1.54, 1.807) is 6.20 Å². The monoisotopic (exact) mass is 416 g/mol. The van der Waals surface area contributed by atoms with E-state index in [1.165, 1.54) is 0 Å². The van der Waals surface area contributed by atoms with E-state index in [4.69, 9.17) is 4.74 Å². The fraction of sp³-hybridized carbons (Fsp3) is 0.550. The van der Waals surface area contributed by atoms with Gasteiger partial charge < -0.3 is 15.0 Å². The lowest BCUT2D eigenvalue weighted by Gasteiger charge is -2.18. The standard InChI is InChI=1S/C20H28F4N4O/c1-13(2)5-8-29-17-10-15(20(22,23)24)9-16(18(17)21)19-14(11-26-27-19)12-28(4)7-6-25-3/h9-11,13,25H,5-8,12H2,1-4H3,(H,26,27). The second kappa shape index (κ2) is 10.1. The minimum absolute atomic E-state index is 0.134. The van der Waals surface area contributed by atoms with Crippen molar-refractivity contribution < 1.29 is 22.3 Å². The number of hydrogen-bond acceptors (Lipinski definition) is 4. The smallest absolute Gasteiger partial charge is 0.416 e. The summed E-state index contributed by atoms with van der Waals surface area (Å²) in [6, 6.07) is 1.50. The van der Waals surface area contributed by atoms with Gasteiger partial charge >= 0.3 is 6.18 Å². The Bertz CT molecular complexity index is 789. The molecule has 1 aromatic heterocycles. The Hall–Kier alpha value is -2.13. The molecule has 0 amide bonds. The Morgan fingerprint density at radius 3 is 2.62 bits per heavy atom. The molecule has 0 aliphatic heterocycles. The topological polar surface area (TPSA) is 53.2 Å². The van der Waals surface area contributed by atoms with E-state index in [2.05, 4.69) is 15.5 Å². The van der Waals surface area contributed by atoms with Crippen LogP contribution in [0.25, 0.3) is 11.3 Å². The maximum atomic E-state index is 15.1. The van der Waals surface area contributed by atoms with Crippen LogP contribution in [-0.4, -0.2) is 48.9 Å². The minimum Gasteiger partial charge on any atom is -0.490 e. The van der Waals surface area contributed by atoms with Gasteiger partial charge in [0, 0.05) is 37.0 Å². The molecule has 2 aromatic rings. The number of ether oxygens (including phenoxy) is 1. The van der Waals surface area contributed by atoms with Gasteiger partial charge in [-0.1, -0.05) is 13.8 Å². The average molecular weight is 416 g/mol. The van der Waals surface area contributed by atoms with Crippen LogP contribution in [0.4, 0.5) is 17.6 Å². The number of nitrogens with one attached hydrogen (secondary N) is 2. The Kier molecular flexibility index (Phi) is 8.04. The van der Waals surface area contributed by atoms with Crippen molar-refractivity contribution >= 4 is 0 Å². The van der Waals surface area contributed by atoms with E-state index < -0.39 is 23.3 Å². The molecule has 29 heavy (non-hydrogen) atoms. The average Bonchev–Trinajstić information content (AvgIpc) is 3.08. The highest BCUT2D eigenvalue weighted by atomic mass is 19.4. The maximum Gasteiger partial charge on any atom is 0.416 e. The number of rotatable bonds is 10. The van der Waals surface area contributed by atoms with Crippen molar-refractivity contribution in [3.05, 3.63) is 35.3 Å². The largest absolute Gasteiger partial charge is 0.490 e. The Labute approximate surface area is 168 Å². The predicted octanol–water partition coefficient (Wildman–Crippen LogP) is 4.31. The fourth-order valence-electron chi connectivity index (χ4n) is 2.78. The molecule has 0 radical (unpaired) electrons. The molecule has 0 spiro atoms. The summed E-state index contributed by atoms with van der Waals surface area (Å²) in [5.74, 6) is -0.963. The van der Waals surface area contributed by atoms with Gasteiger partial charge in [-0.15, -0.1) is 0 Å². The van der Waals surface area contributed by atoms with Crippen molar-refractivity contribution in [2.24, 2.45) is 5.92 Å². The van der Waals surface area contributed by atoms with Crippen LogP contribution in [0.15, 0.2) is 18.3 Å². The fourth-order valence-corrected chi connectivity index (χ4v) is 2.78. The van der Waals surface area contributed by atoms with Gasteiger partial charge in [-0.25, -0.2) is 4.39 Å². The van der Waals surface area contributed by atoms with Crippen molar-refractivity contribution in [3.63, 3.8) is 0 Å². The molecule has 1 aromatic carbocycles. The van der Waals surface area contributed by atoms with E-state index in [1.807, 2.05) is 32.8 Å². The number of likely N-dealkylation sites (N-methyl/N-ethyl adjacent to an activating group) is 2. The predicted molar refractivity (Wildman–Crippen MR) is 104 cm³/mol. The molecular formula is C20H28F4N4O. The van der Waals surface area contributed by atoms with E-state index in [9.17, 15) is 13.2 Å². The van der Waals surface area contributed by atoms with E-state index in [0.717, 1.165) is 19.2 Å². The molecule has 0 saturated carbocycles. The molecule has 2 rings (SSSR count). The summed E-state index contributed by atoms with van der Waals surface area (Å²) < 4.78 is 60.6. The molecule has 0 unspecified atom stereocenters. The van der Waals surface area contributed by atoms with Crippen LogP contribution in [0.3, 0.4) is 0 Å². The lowest BCUT2D eigenvalue weighted by molar-refractivity contribution is -0.137.